The molecule has 114 valence electrons. The van der Waals surface area contributed by atoms with Crippen molar-refractivity contribution in [1.82, 2.24) is 4.90 Å². The number of benzene rings is 2. The van der Waals surface area contributed by atoms with Gasteiger partial charge in [0.05, 0.1) is 5.69 Å². The van der Waals surface area contributed by atoms with Crippen LogP contribution in [0.5, 0.6) is 0 Å². The summed E-state index contributed by atoms with van der Waals surface area (Å²) >= 11 is 7.78. The quantitative estimate of drug-likeness (QED) is 0.833. The maximum Gasteiger partial charge on any atom is 0.267 e. The molecule has 0 N–H and O–H groups in total. The molecule has 2 aliphatic heterocycles. The number of amides is 1. The van der Waals surface area contributed by atoms with Crippen LogP contribution in [0.2, 0.25) is 5.02 Å². The van der Waals surface area contributed by atoms with Gasteiger partial charge in [0.2, 0.25) is 0 Å². The van der Waals surface area contributed by atoms with E-state index in [2.05, 4.69) is 4.99 Å². The van der Waals surface area contributed by atoms with Crippen LogP contribution in [-0.2, 0) is 10.5 Å². The number of carbonyl (C=O) groups is 1. The van der Waals surface area contributed by atoms with Crippen LogP contribution in [0.4, 0.5) is 5.69 Å². The van der Waals surface area contributed by atoms with Gasteiger partial charge in [0.25, 0.3) is 5.91 Å². The number of rotatable bonds is 2. The van der Waals surface area contributed by atoms with Gasteiger partial charge < -0.3 is 0 Å². The largest absolute Gasteiger partial charge is 0.295 e. The lowest BCUT2D eigenvalue weighted by Crippen LogP contribution is -2.35. The molecule has 0 unspecified atom stereocenters. The molecule has 2 aliphatic rings. The summed E-state index contributed by atoms with van der Waals surface area (Å²) < 4.78 is 0. The van der Waals surface area contributed by atoms with Crippen LogP contribution in [0.3, 0.4) is 0 Å². The number of para-hydroxylation sites is 1. The number of amidine groups is 2. The Morgan fingerprint density at radius 3 is 2.74 bits per heavy atom. The lowest BCUT2D eigenvalue weighted by Gasteiger charge is -2.26. The number of hydrogen-bond acceptors (Lipinski definition) is 4. The monoisotopic (exact) mass is 341 g/mol. The highest BCUT2D eigenvalue weighted by Gasteiger charge is 2.33. The number of halogens is 1. The average molecular weight is 342 g/mol. The fourth-order valence-corrected chi connectivity index (χ4v) is 3.87. The summed E-state index contributed by atoms with van der Waals surface area (Å²) in [4.78, 5) is 22.5. The van der Waals surface area contributed by atoms with E-state index >= 15 is 0 Å². The summed E-state index contributed by atoms with van der Waals surface area (Å²) in [5, 5.41) is 1.52. The van der Waals surface area contributed by atoms with Gasteiger partial charge in [0.1, 0.15) is 12.4 Å². The van der Waals surface area contributed by atoms with Crippen molar-refractivity contribution in [1.29, 1.82) is 0 Å². The van der Waals surface area contributed by atoms with Crippen LogP contribution < -0.4 is 0 Å². The molecular formula is C17H12ClN3OS. The summed E-state index contributed by atoms with van der Waals surface area (Å²) in [6.07, 6.45) is 0. The van der Waals surface area contributed by atoms with Crippen molar-refractivity contribution in [3.8, 4) is 0 Å². The Balaban J connectivity index is 1.66. The van der Waals surface area contributed by atoms with Gasteiger partial charge in [-0.15, -0.1) is 0 Å². The fourth-order valence-electron chi connectivity index (χ4n) is 2.58. The summed E-state index contributed by atoms with van der Waals surface area (Å²) in [5.41, 5.74) is 2.80. The molecule has 0 radical (unpaired) electrons. The standard InChI is InChI=1S/C17H12ClN3OS/c18-13-7-3-1-5-11(13)10-23-17-19-14-8-4-2-6-12(14)16-20-15(22)9-21(16)17/h1-8H,9-10H2. The first-order valence-electron chi connectivity index (χ1n) is 7.16. The number of carbonyl (C=O) groups excluding carboxylic acids is 1. The fraction of sp³-hybridized carbons (Fsp3) is 0.118. The molecule has 0 aliphatic carbocycles. The van der Waals surface area contributed by atoms with Crippen LogP contribution in [0, 0.1) is 0 Å². The summed E-state index contributed by atoms with van der Waals surface area (Å²) in [7, 11) is 0. The molecule has 0 atom stereocenters. The highest BCUT2D eigenvalue weighted by Crippen LogP contribution is 2.33. The second-order valence-electron chi connectivity index (χ2n) is 5.21. The van der Waals surface area contributed by atoms with Gasteiger partial charge in [0, 0.05) is 16.3 Å². The molecule has 23 heavy (non-hydrogen) atoms. The van der Waals surface area contributed by atoms with Gasteiger partial charge in [-0.25, -0.2) is 4.99 Å². The van der Waals surface area contributed by atoms with Crippen LogP contribution in [-0.4, -0.2) is 28.4 Å². The van der Waals surface area contributed by atoms with Crippen molar-refractivity contribution in [2.24, 2.45) is 9.98 Å². The Hall–Kier alpha value is -2.11. The average Bonchev–Trinajstić information content (AvgIpc) is 2.96. The third-order valence-corrected chi connectivity index (χ3v) is 5.08. The molecule has 4 rings (SSSR count). The molecule has 0 fully saturated rings. The van der Waals surface area contributed by atoms with Gasteiger partial charge in [-0.3, -0.25) is 9.69 Å². The van der Waals surface area contributed by atoms with Gasteiger partial charge in [-0.1, -0.05) is 53.7 Å². The highest BCUT2D eigenvalue weighted by atomic mass is 35.5. The van der Waals surface area contributed by atoms with E-state index in [1.54, 1.807) is 11.8 Å². The van der Waals surface area contributed by atoms with E-state index in [-0.39, 0.29) is 12.5 Å². The Morgan fingerprint density at radius 1 is 1.09 bits per heavy atom. The van der Waals surface area contributed by atoms with Gasteiger partial charge >= 0.3 is 0 Å². The van der Waals surface area contributed by atoms with Gasteiger partial charge in [0.15, 0.2) is 5.17 Å². The summed E-state index contributed by atoms with van der Waals surface area (Å²) in [6, 6.07) is 15.5. The van der Waals surface area contributed by atoms with E-state index in [9.17, 15) is 4.79 Å². The number of nitrogens with zero attached hydrogens (tertiary/aromatic N) is 3. The van der Waals surface area contributed by atoms with Crippen molar-refractivity contribution < 1.29 is 4.79 Å². The minimum atomic E-state index is -0.136. The molecule has 0 saturated heterocycles. The zero-order valence-corrected chi connectivity index (χ0v) is 13.6. The molecule has 1 amide bonds. The number of thioether (sulfide) groups is 1. The minimum absolute atomic E-state index is 0.136. The van der Waals surface area contributed by atoms with E-state index in [4.69, 9.17) is 16.6 Å². The van der Waals surface area contributed by atoms with Crippen molar-refractivity contribution >= 4 is 46.0 Å². The Bertz CT molecular complexity index is 862. The van der Waals surface area contributed by atoms with Crippen LogP contribution in [0.25, 0.3) is 0 Å². The van der Waals surface area contributed by atoms with Crippen molar-refractivity contribution in [3.05, 3.63) is 64.7 Å². The maximum atomic E-state index is 11.8. The lowest BCUT2D eigenvalue weighted by molar-refractivity contribution is -0.116. The SMILES string of the molecule is O=C1CN2C(SCc3ccccc3Cl)=Nc3ccccc3C2=N1. The van der Waals surface area contributed by atoms with Gasteiger partial charge in [-0.05, 0) is 23.8 Å². The second kappa shape index (κ2) is 5.83. The lowest BCUT2D eigenvalue weighted by atomic mass is 10.1. The predicted octanol–water partition coefficient (Wildman–Crippen LogP) is 3.86. The molecule has 6 heteroatoms. The number of hydrogen-bond donors (Lipinski definition) is 0. The topological polar surface area (TPSA) is 45.0 Å². The normalized spacial score (nSPS) is 15.9. The van der Waals surface area contributed by atoms with E-state index < -0.39 is 0 Å². The molecule has 0 aromatic heterocycles. The molecule has 2 aromatic carbocycles. The number of fused-ring (bicyclic) bond motifs is 3. The molecular weight excluding hydrogens is 330 g/mol. The van der Waals surface area contributed by atoms with E-state index in [0.717, 1.165) is 27.0 Å². The third-order valence-electron chi connectivity index (χ3n) is 3.69. The summed E-state index contributed by atoms with van der Waals surface area (Å²) in [5.74, 6) is 1.25. The van der Waals surface area contributed by atoms with Crippen LogP contribution >= 0.6 is 23.4 Å². The Kier molecular flexibility index (Phi) is 3.67. The zero-order valence-electron chi connectivity index (χ0n) is 12.1. The summed E-state index contributed by atoms with van der Waals surface area (Å²) in [6.45, 7) is 0.248. The van der Waals surface area contributed by atoms with Gasteiger partial charge in [-0.2, -0.15) is 4.99 Å². The molecule has 2 aromatic rings. The maximum absolute atomic E-state index is 11.8. The molecule has 0 saturated carbocycles. The van der Waals surface area contributed by atoms with Crippen molar-refractivity contribution in [2.75, 3.05) is 6.54 Å². The molecule has 2 heterocycles. The third kappa shape index (κ3) is 2.66. The van der Waals surface area contributed by atoms with Crippen molar-refractivity contribution in [2.45, 2.75) is 5.75 Å². The smallest absolute Gasteiger partial charge is 0.267 e. The minimum Gasteiger partial charge on any atom is -0.295 e. The van der Waals surface area contributed by atoms with E-state index in [1.165, 1.54) is 0 Å². The first-order chi connectivity index (χ1) is 11.2. The van der Waals surface area contributed by atoms with E-state index in [1.807, 2.05) is 53.4 Å². The highest BCUT2D eigenvalue weighted by molar-refractivity contribution is 8.13. The van der Waals surface area contributed by atoms with E-state index in [0.29, 0.717) is 11.6 Å². The zero-order chi connectivity index (χ0) is 15.8. The molecule has 4 nitrogen and oxygen atoms in total. The predicted molar refractivity (Wildman–Crippen MR) is 94.5 cm³/mol. The van der Waals surface area contributed by atoms with Crippen molar-refractivity contribution in [3.63, 3.8) is 0 Å². The molecule has 0 bridgehead atoms. The first kappa shape index (κ1) is 14.5. The van der Waals surface area contributed by atoms with Crippen LogP contribution in [0.15, 0.2) is 58.5 Å². The second-order valence-corrected chi connectivity index (χ2v) is 6.56. The molecule has 0 spiro atoms. The van der Waals surface area contributed by atoms with Crippen LogP contribution in [0.1, 0.15) is 11.1 Å². The first-order valence-corrected chi connectivity index (χ1v) is 8.52. The number of aliphatic imine (C=N–C) groups is 2. The Morgan fingerprint density at radius 2 is 1.87 bits per heavy atom. The Labute approximate surface area is 142 Å².